The van der Waals surface area contributed by atoms with Crippen molar-refractivity contribution in [1.82, 2.24) is 25.1 Å². The van der Waals surface area contributed by atoms with Gasteiger partial charge in [-0.15, -0.1) is 0 Å². The number of benzene rings is 1. The normalized spacial score (nSPS) is 13.4. The van der Waals surface area contributed by atoms with Crippen LogP contribution in [0.4, 0.5) is 8.78 Å². The summed E-state index contributed by atoms with van der Waals surface area (Å²) in [7, 11) is 0. The molecule has 0 fully saturated rings. The van der Waals surface area contributed by atoms with Crippen LogP contribution >= 0.6 is 0 Å². The van der Waals surface area contributed by atoms with Crippen LogP contribution in [0.15, 0.2) is 42.6 Å². The van der Waals surface area contributed by atoms with E-state index in [9.17, 15) is 13.6 Å². The standard InChI is InChI=1S/C17H13F2N5O2/c18-17(19)26-11-3-1-2-10(8-11)15-20-5-4-12(22-15)13-9-14-16(25)21-6-7-24(14)23-13/h1-5,8-9,17H,6-7H2,(H,21,25). The number of carbonyl (C=O) groups excluding carboxylic acids is 1. The summed E-state index contributed by atoms with van der Waals surface area (Å²) in [6, 6.07) is 9.50. The van der Waals surface area contributed by atoms with Crippen LogP contribution in [0.2, 0.25) is 0 Å². The highest BCUT2D eigenvalue weighted by Crippen LogP contribution is 2.25. The fourth-order valence-corrected chi connectivity index (χ4v) is 2.71. The molecule has 2 aromatic heterocycles. The topological polar surface area (TPSA) is 81.9 Å². The van der Waals surface area contributed by atoms with Crippen molar-refractivity contribution in [2.75, 3.05) is 6.54 Å². The van der Waals surface area contributed by atoms with Gasteiger partial charge in [-0.3, -0.25) is 9.48 Å². The number of aromatic nitrogens is 4. The molecule has 1 N–H and O–H groups in total. The van der Waals surface area contributed by atoms with E-state index in [1.165, 1.54) is 12.1 Å². The summed E-state index contributed by atoms with van der Waals surface area (Å²) in [5.41, 5.74) is 2.08. The van der Waals surface area contributed by atoms with Gasteiger partial charge in [0.2, 0.25) is 0 Å². The van der Waals surface area contributed by atoms with Crippen molar-refractivity contribution in [2.45, 2.75) is 13.2 Å². The van der Waals surface area contributed by atoms with Crippen LogP contribution in [0.25, 0.3) is 22.8 Å². The molecule has 0 saturated heterocycles. The first-order valence-electron chi connectivity index (χ1n) is 7.85. The van der Waals surface area contributed by atoms with Crippen LogP contribution in [-0.4, -0.2) is 38.8 Å². The smallest absolute Gasteiger partial charge is 0.387 e. The van der Waals surface area contributed by atoms with E-state index in [0.717, 1.165) is 0 Å². The lowest BCUT2D eigenvalue weighted by atomic mass is 10.2. The number of amides is 1. The molecule has 7 nitrogen and oxygen atoms in total. The highest BCUT2D eigenvalue weighted by molar-refractivity contribution is 5.94. The predicted octanol–water partition coefficient (Wildman–Crippen LogP) is 2.35. The van der Waals surface area contributed by atoms with Gasteiger partial charge in [-0.1, -0.05) is 12.1 Å². The monoisotopic (exact) mass is 357 g/mol. The van der Waals surface area contributed by atoms with Crippen molar-refractivity contribution in [1.29, 1.82) is 0 Å². The number of carbonyl (C=O) groups is 1. The molecule has 0 spiro atoms. The summed E-state index contributed by atoms with van der Waals surface area (Å²) in [5, 5.41) is 7.16. The predicted molar refractivity (Wildman–Crippen MR) is 87.7 cm³/mol. The minimum absolute atomic E-state index is 0.0284. The summed E-state index contributed by atoms with van der Waals surface area (Å²) < 4.78 is 30.8. The molecule has 0 atom stereocenters. The lowest BCUT2D eigenvalue weighted by Gasteiger charge is -2.13. The zero-order valence-corrected chi connectivity index (χ0v) is 13.4. The Morgan fingerprint density at radius 1 is 1.19 bits per heavy atom. The van der Waals surface area contributed by atoms with E-state index in [4.69, 9.17) is 0 Å². The molecular weight excluding hydrogens is 344 g/mol. The van der Waals surface area contributed by atoms with E-state index >= 15 is 0 Å². The van der Waals surface area contributed by atoms with Gasteiger partial charge in [0.1, 0.15) is 17.1 Å². The van der Waals surface area contributed by atoms with Gasteiger partial charge in [0.25, 0.3) is 5.91 Å². The van der Waals surface area contributed by atoms with Crippen molar-refractivity contribution < 1.29 is 18.3 Å². The lowest BCUT2D eigenvalue weighted by molar-refractivity contribution is -0.0498. The fourth-order valence-electron chi connectivity index (χ4n) is 2.71. The third-order valence-electron chi connectivity index (χ3n) is 3.86. The Morgan fingerprint density at radius 2 is 2.08 bits per heavy atom. The average molecular weight is 357 g/mol. The van der Waals surface area contributed by atoms with E-state index in [-0.39, 0.29) is 11.7 Å². The molecule has 4 rings (SSSR count). The molecule has 0 saturated carbocycles. The van der Waals surface area contributed by atoms with Crippen LogP contribution in [0.1, 0.15) is 10.5 Å². The molecule has 3 aromatic rings. The number of halogens is 2. The van der Waals surface area contributed by atoms with E-state index in [1.54, 1.807) is 35.1 Å². The largest absolute Gasteiger partial charge is 0.435 e. The Labute approximate surface area is 146 Å². The third kappa shape index (κ3) is 3.10. The molecule has 1 amide bonds. The van der Waals surface area contributed by atoms with Crippen molar-refractivity contribution in [3.63, 3.8) is 0 Å². The fraction of sp³-hybridized carbons (Fsp3) is 0.176. The van der Waals surface area contributed by atoms with Crippen molar-refractivity contribution >= 4 is 5.91 Å². The zero-order chi connectivity index (χ0) is 18.1. The molecule has 1 aliphatic heterocycles. The molecule has 0 unspecified atom stereocenters. The lowest BCUT2D eigenvalue weighted by Crippen LogP contribution is -2.35. The van der Waals surface area contributed by atoms with Crippen LogP contribution in [0.3, 0.4) is 0 Å². The first-order valence-corrected chi connectivity index (χ1v) is 7.85. The molecule has 26 heavy (non-hydrogen) atoms. The van der Waals surface area contributed by atoms with E-state index in [1.807, 2.05) is 0 Å². The second-order valence-electron chi connectivity index (χ2n) is 5.57. The number of fused-ring (bicyclic) bond motifs is 1. The molecule has 0 aliphatic carbocycles. The average Bonchev–Trinajstić information content (AvgIpc) is 3.07. The summed E-state index contributed by atoms with van der Waals surface area (Å²) in [4.78, 5) is 20.5. The van der Waals surface area contributed by atoms with Gasteiger partial charge in [-0.05, 0) is 24.3 Å². The number of ether oxygens (including phenoxy) is 1. The first-order chi connectivity index (χ1) is 12.6. The summed E-state index contributed by atoms with van der Waals surface area (Å²) in [6.45, 7) is -1.79. The number of alkyl halides is 2. The summed E-state index contributed by atoms with van der Waals surface area (Å²) >= 11 is 0. The van der Waals surface area contributed by atoms with Crippen LogP contribution < -0.4 is 10.1 Å². The van der Waals surface area contributed by atoms with E-state index < -0.39 is 6.61 Å². The zero-order valence-electron chi connectivity index (χ0n) is 13.4. The molecule has 1 aliphatic rings. The second kappa shape index (κ2) is 6.51. The second-order valence-corrected chi connectivity index (χ2v) is 5.57. The Bertz CT molecular complexity index is 973. The molecule has 0 radical (unpaired) electrons. The van der Waals surface area contributed by atoms with Gasteiger partial charge in [0.15, 0.2) is 5.82 Å². The molecule has 1 aromatic carbocycles. The van der Waals surface area contributed by atoms with Crippen molar-refractivity contribution in [2.24, 2.45) is 0 Å². The highest BCUT2D eigenvalue weighted by atomic mass is 19.3. The minimum atomic E-state index is -2.90. The maximum absolute atomic E-state index is 12.4. The molecule has 132 valence electrons. The molecule has 9 heteroatoms. The van der Waals surface area contributed by atoms with Gasteiger partial charge < -0.3 is 10.1 Å². The Morgan fingerprint density at radius 3 is 2.88 bits per heavy atom. The van der Waals surface area contributed by atoms with E-state index in [2.05, 4.69) is 25.1 Å². The quantitative estimate of drug-likeness (QED) is 0.775. The van der Waals surface area contributed by atoms with Gasteiger partial charge >= 0.3 is 6.61 Å². The molecule has 0 bridgehead atoms. The number of hydrogen-bond donors (Lipinski definition) is 1. The van der Waals surface area contributed by atoms with Gasteiger partial charge in [-0.25, -0.2) is 9.97 Å². The van der Waals surface area contributed by atoms with Crippen LogP contribution in [0, 0.1) is 0 Å². The SMILES string of the molecule is O=C1NCCn2nc(-c3ccnc(-c4cccc(OC(F)F)c4)n3)cc21. The highest BCUT2D eigenvalue weighted by Gasteiger charge is 2.20. The maximum Gasteiger partial charge on any atom is 0.387 e. The minimum Gasteiger partial charge on any atom is -0.435 e. The Balaban J connectivity index is 1.68. The number of nitrogens with one attached hydrogen (secondary N) is 1. The van der Waals surface area contributed by atoms with Crippen molar-refractivity contribution in [3.05, 3.63) is 48.3 Å². The van der Waals surface area contributed by atoms with E-state index in [0.29, 0.717) is 41.6 Å². The summed E-state index contributed by atoms with van der Waals surface area (Å²) in [5.74, 6) is 0.194. The van der Waals surface area contributed by atoms with Crippen LogP contribution in [-0.2, 0) is 6.54 Å². The van der Waals surface area contributed by atoms with Gasteiger partial charge in [-0.2, -0.15) is 13.9 Å². The van der Waals surface area contributed by atoms with Crippen LogP contribution in [0.5, 0.6) is 5.75 Å². The van der Waals surface area contributed by atoms with Gasteiger partial charge in [0.05, 0.1) is 12.2 Å². The number of nitrogens with zero attached hydrogens (tertiary/aromatic N) is 4. The Kier molecular flexibility index (Phi) is 4.04. The summed E-state index contributed by atoms with van der Waals surface area (Å²) in [6.07, 6.45) is 1.55. The number of rotatable bonds is 4. The first kappa shape index (κ1) is 16.1. The molecular formula is C17H13F2N5O2. The molecule has 3 heterocycles. The van der Waals surface area contributed by atoms with Gasteiger partial charge in [0, 0.05) is 18.3 Å². The third-order valence-corrected chi connectivity index (χ3v) is 3.86. The Hall–Kier alpha value is -3.36. The number of hydrogen-bond acceptors (Lipinski definition) is 5. The maximum atomic E-state index is 12.4. The van der Waals surface area contributed by atoms with Crippen molar-refractivity contribution in [3.8, 4) is 28.5 Å².